The minimum atomic E-state index is -0.802. The molecule has 1 N–H and O–H groups in total. The zero-order valence-corrected chi connectivity index (χ0v) is 17.1. The first kappa shape index (κ1) is 18.7. The van der Waals surface area contributed by atoms with Crippen molar-refractivity contribution in [1.29, 1.82) is 0 Å². The molecule has 0 saturated heterocycles. The number of nitrogens with zero attached hydrogens (tertiary/aromatic N) is 2. The highest BCUT2D eigenvalue weighted by Crippen LogP contribution is 2.43. The van der Waals surface area contributed by atoms with E-state index in [2.05, 4.69) is 4.98 Å². The molecule has 8 heteroatoms. The molecule has 0 aliphatic carbocycles. The minimum absolute atomic E-state index is 0.0442. The summed E-state index contributed by atoms with van der Waals surface area (Å²) in [7, 11) is 0. The molecule has 0 radical (unpaired) electrons. The Hall–Kier alpha value is -4.04. The van der Waals surface area contributed by atoms with Crippen LogP contribution in [0.15, 0.2) is 75.9 Å². The van der Waals surface area contributed by atoms with Crippen LogP contribution in [0.4, 0.5) is 9.52 Å². The molecule has 32 heavy (non-hydrogen) atoms. The molecular weight excluding hydrogens is 431 g/mol. The number of amides is 1. The molecule has 1 aliphatic rings. The number of hydrogen-bond donors (Lipinski definition) is 1. The Morgan fingerprint density at radius 2 is 1.81 bits per heavy atom. The Balaban J connectivity index is 1.64. The van der Waals surface area contributed by atoms with Gasteiger partial charge in [-0.25, -0.2) is 9.37 Å². The number of phenolic OH excluding ortho intramolecular Hbond substituents is 1. The number of hydrogen-bond acceptors (Lipinski definition) is 6. The lowest BCUT2D eigenvalue weighted by Crippen LogP contribution is -2.29. The number of rotatable bonds is 2. The van der Waals surface area contributed by atoms with E-state index in [4.69, 9.17) is 4.42 Å². The van der Waals surface area contributed by atoms with E-state index in [-0.39, 0.29) is 22.5 Å². The fourth-order valence-electron chi connectivity index (χ4n) is 4.08. The molecule has 1 atom stereocenters. The molecule has 3 aromatic carbocycles. The monoisotopic (exact) mass is 444 g/mol. The summed E-state index contributed by atoms with van der Waals surface area (Å²) in [5, 5.41) is 10.4. The van der Waals surface area contributed by atoms with Gasteiger partial charge in [-0.1, -0.05) is 35.6 Å². The van der Waals surface area contributed by atoms with Crippen LogP contribution in [0.3, 0.4) is 0 Å². The van der Waals surface area contributed by atoms with Crippen molar-refractivity contribution in [2.24, 2.45) is 0 Å². The summed E-state index contributed by atoms with van der Waals surface area (Å²) in [5.74, 6) is -0.884. The summed E-state index contributed by atoms with van der Waals surface area (Å²) in [4.78, 5) is 32.9. The second-order valence-corrected chi connectivity index (χ2v) is 8.46. The summed E-state index contributed by atoms with van der Waals surface area (Å²) in [5.41, 5.74) is 1.39. The van der Waals surface area contributed by atoms with Crippen LogP contribution in [-0.4, -0.2) is 16.0 Å². The van der Waals surface area contributed by atoms with Gasteiger partial charge in [-0.3, -0.25) is 14.5 Å². The topological polar surface area (TPSA) is 83.6 Å². The van der Waals surface area contributed by atoms with Gasteiger partial charge in [0, 0.05) is 0 Å². The Morgan fingerprint density at radius 1 is 1.03 bits per heavy atom. The average Bonchev–Trinajstić information content (AvgIpc) is 3.33. The van der Waals surface area contributed by atoms with Crippen molar-refractivity contribution in [2.75, 3.05) is 4.90 Å². The number of carbonyl (C=O) groups excluding carboxylic acids is 1. The van der Waals surface area contributed by atoms with E-state index in [1.807, 2.05) is 0 Å². The molecule has 0 unspecified atom stereocenters. The first-order valence-electron chi connectivity index (χ1n) is 9.75. The van der Waals surface area contributed by atoms with Crippen LogP contribution in [0.25, 0.3) is 21.2 Å². The summed E-state index contributed by atoms with van der Waals surface area (Å²) in [6.07, 6.45) is 0. The van der Waals surface area contributed by atoms with Crippen molar-refractivity contribution >= 4 is 43.6 Å². The highest BCUT2D eigenvalue weighted by atomic mass is 32.1. The second-order valence-electron chi connectivity index (χ2n) is 7.45. The third-order valence-corrected chi connectivity index (χ3v) is 6.55. The summed E-state index contributed by atoms with van der Waals surface area (Å²) in [6, 6.07) is 16.5. The average molecular weight is 444 g/mol. The number of aromatic hydroxyl groups is 1. The zero-order valence-electron chi connectivity index (χ0n) is 16.3. The second kappa shape index (κ2) is 6.73. The van der Waals surface area contributed by atoms with Gasteiger partial charge in [0.05, 0.1) is 27.2 Å². The van der Waals surface area contributed by atoms with Crippen LogP contribution in [-0.2, 0) is 0 Å². The molecule has 6 nitrogen and oxygen atoms in total. The van der Waals surface area contributed by atoms with Crippen molar-refractivity contribution in [2.45, 2.75) is 6.04 Å². The molecule has 0 saturated carbocycles. The lowest BCUT2D eigenvalue weighted by atomic mass is 9.98. The van der Waals surface area contributed by atoms with E-state index in [0.717, 1.165) is 11.3 Å². The molecule has 2 aromatic heterocycles. The summed E-state index contributed by atoms with van der Waals surface area (Å²) < 4.78 is 20.2. The van der Waals surface area contributed by atoms with E-state index in [0.29, 0.717) is 31.9 Å². The third kappa shape index (κ3) is 2.66. The predicted molar refractivity (Wildman–Crippen MR) is 119 cm³/mol. The van der Waals surface area contributed by atoms with E-state index in [1.54, 1.807) is 42.5 Å². The van der Waals surface area contributed by atoms with Crippen molar-refractivity contribution in [3.05, 3.63) is 99.7 Å². The molecule has 1 aliphatic heterocycles. The molecule has 6 rings (SSSR count). The molecular formula is C24H13FN2O4S. The van der Waals surface area contributed by atoms with Gasteiger partial charge in [0.25, 0.3) is 5.91 Å². The number of para-hydroxylation sites is 1. The quantitative estimate of drug-likeness (QED) is 0.414. The van der Waals surface area contributed by atoms with Crippen LogP contribution >= 0.6 is 11.3 Å². The van der Waals surface area contributed by atoms with Crippen LogP contribution in [0.1, 0.15) is 27.7 Å². The Morgan fingerprint density at radius 3 is 2.62 bits per heavy atom. The van der Waals surface area contributed by atoms with Crippen LogP contribution in [0.5, 0.6) is 5.75 Å². The number of phenols is 1. The maximum Gasteiger partial charge on any atom is 0.297 e. The Bertz CT molecular complexity index is 1610. The van der Waals surface area contributed by atoms with E-state index >= 15 is 0 Å². The fraction of sp³-hybridized carbons (Fsp3) is 0.0417. The van der Waals surface area contributed by atoms with Crippen LogP contribution in [0.2, 0.25) is 0 Å². The van der Waals surface area contributed by atoms with Crippen molar-refractivity contribution < 1.29 is 18.7 Å². The number of fused-ring (bicyclic) bond motifs is 3. The van der Waals surface area contributed by atoms with Crippen LogP contribution in [0, 0.1) is 5.82 Å². The van der Waals surface area contributed by atoms with Gasteiger partial charge >= 0.3 is 0 Å². The van der Waals surface area contributed by atoms with Gasteiger partial charge < -0.3 is 9.52 Å². The molecule has 156 valence electrons. The first-order chi connectivity index (χ1) is 15.5. The SMILES string of the molecule is O=C1c2oc3ccccc3c(=O)c2[C@@H](c2ccc(O)cc2)N1c1nc2ccc(F)cc2s1. The lowest BCUT2D eigenvalue weighted by Gasteiger charge is -2.22. The normalized spacial score (nSPS) is 15.6. The number of thiazole rings is 1. The third-order valence-electron chi connectivity index (χ3n) is 5.53. The van der Waals surface area contributed by atoms with Gasteiger partial charge in [0.1, 0.15) is 17.1 Å². The highest BCUT2D eigenvalue weighted by molar-refractivity contribution is 7.22. The number of halogens is 1. The maximum absolute atomic E-state index is 13.7. The highest BCUT2D eigenvalue weighted by Gasteiger charge is 2.45. The van der Waals surface area contributed by atoms with E-state index in [9.17, 15) is 19.1 Å². The maximum atomic E-state index is 13.7. The number of carbonyl (C=O) groups is 1. The van der Waals surface area contributed by atoms with Crippen molar-refractivity contribution in [3.63, 3.8) is 0 Å². The van der Waals surface area contributed by atoms with Crippen molar-refractivity contribution in [1.82, 2.24) is 4.98 Å². The number of aromatic nitrogens is 1. The molecule has 0 fully saturated rings. The molecule has 0 spiro atoms. The largest absolute Gasteiger partial charge is 0.508 e. The number of benzene rings is 3. The Labute approximate surface area is 183 Å². The van der Waals surface area contributed by atoms with Gasteiger partial charge in [0.15, 0.2) is 10.6 Å². The molecule has 5 aromatic rings. The summed E-state index contributed by atoms with van der Waals surface area (Å²) in [6.45, 7) is 0. The predicted octanol–water partition coefficient (Wildman–Crippen LogP) is 5.00. The smallest absolute Gasteiger partial charge is 0.297 e. The standard InChI is InChI=1S/C24H13FN2O4S/c25-13-7-10-16-18(11-13)32-24(26-16)27-20(12-5-8-14(28)9-6-12)19-21(29)15-3-1-2-4-17(15)31-22(19)23(27)30/h1-11,20,28H/t20-/m1/s1. The molecule has 0 bridgehead atoms. The van der Waals surface area contributed by atoms with Crippen molar-refractivity contribution in [3.8, 4) is 5.75 Å². The first-order valence-corrected chi connectivity index (χ1v) is 10.6. The minimum Gasteiger partial charge on any atom is -0.508 e. The van der Waals surface area contributed by atoms with Crippen LogP contribution < -0.4 is 10.3 Å². The fourth-order valence-corrected chi connectivity index (χ4v) is 5.10. The summed E-state index contributed by atoms with van der Waals surface area (Å²) >= 11 is 1.16. The van der Waals surface area contributed by atoms with Gasteiger partial charge in [-0.05, 0) is 48.0 Å². The zero-order chi connectivity index (χ0) is 22.0. The van der Waals surface area contributed by atoms with E-state index < -0.39 is 17.8 Å². The molecule has 1 amide bonds. The molecule has 3 heterocycles. The number of anilines is 1. The van der Waals surface area contributed by atoms with Gasteiger partial charge in [0.2, 0.25) is 5.76 Å². The van der Waals surface area contributed by atoms with Gasteiger partial charge in [-0.15, -0.1) is 0 Å². The lowest BCUT2D eigenvalue weighted by molar-refractivity contribution is 0.0971. The Kier molecular flexibility index (Phi) is 3.93. The van der Waals surface area contributed by atoms with E-state index in [1.165, 1.54) is 29.2 Å². The van der Waals surface area contributed by atoms with Gasteiger partial charge in [-0.2, -0.15) is 0 Å².